The number of furan rings is 1. The van der Waals surface area contributed by atoms with Gasteiger partial charge in [0.25, 0.3) is 0 Å². The van der Waals surface area contributed by atoms with Crippen molar-refractivity contribution >= 4 is 28.2 Å². The van der Waals surface area contributed by atoms with Gasteiger partial charge < -0.3 is 14.6 Å². The van der Waals surface area contributed by atoms with Crippen molar-refractivity contribution in [3.8, 4) is 11.5 Å². The third kappa shape index (κ3) is 4.26. The fourth-order valence-corrected chi connectivity index (χ4v) is 4.03. The van der Waals surface area contributed by atoms with Crippen LogP contribution in [-0.4, -0.2) is 29.0 Å². The molecule has 152 valence electrons. The molecule has 0 aliphatic carbocycles. The van der Waals surface area contributed by atoms with Crippen LogP contribution in [0.25, 0.3) is 11.5 Å². The van der Waals surface area contributed by atoms with Gasteiger partial charge in [-0.3, -0.25) is 4.79 Å². The minimum Gasteiger partial charge on any atom is -0.463 e. The third-order valence-corrected chi connectivity index (χ3v) is 5.45. The Morgan fingerprint density at radius 2 is 2.17 bits per heavy atom. The van der Waals surface area contributed by atoms with Crippen LogP contribution in [0.3, 0.4) is 0 Å². The van der Waals surface area contributed by atoms with Gasteiger partial charge in [-0.05, 0) is 37.1 Å². The summed E-state index contributed by atoms with van der Waals surface area (Å²) in [5.41, 5.74) is -0.173. The molecule has 1 aliphatic heterocycles. The molecular formula is C19H17F3N4O2S. The Hall–Kier alpha value is -2.88. The number of thiazole rings is 1. The van der Waals surface area contributed by atoms with E-state index in [9.17, 15) is 18.0 Å². The lowest BCUT2D eigenvalue weighted by Gasteiger charge is -2.34. The number of nitrogens with zero attached hydrogens (tertiary/aromatic N) is 3. The average molecular weight is 422 g/mol. The topological polar surface area (TPSA) is 71.3 Å². The number of hydrogen-bond acceptors (Lipinski definition) is 6. The minimum absolute atomic E-state index is 0.133. The van der Waals surface area contributed by atoms with E-state index in [1.54, 1.807) is 17.5 Å². The van der Waals surface area contributed by atoms with Gasteiger partial charge in [0, 0.05) is 24.7 Å². The Bertz CT molecular complexity index is 988. The number of pyridine rings is 1. The molecule has 1 unspecified atom stereocenters. The van der Waals surface area contributed by atoms with E-state index in [4.69, 9.17) is 4.42 Å². The Balaban J connectivity index is 1.46. The van der Waals surface area contributed by atoms with Crippen LogP contribution in [0.5, 0.6) is 0 Å². The van der Waals surface area contributed by atoms with Gasteiger partial charge in [-0.25, -0.2) is 9.97 Å². The number of aromatic nitrogens is 2. The molecule has 1 atom stereocenters. The zero-order valence-corrected chi connectivity index (χ0v) is 16.0. The molecule has 1 amide bonds. The number of piperidine rings is 1. The molecule has 0 spiro atoms. The molecule has 6 nitrogen and oxygen atoms in total. The molecule has 3 aromatic rings. The van der Waals surface area contributed by atoms with Crippen molar-refractivity contribution in [1.82, 2.24) is 9.97 Å². The second kappa shape index (κ2) is 7.86. The first-order chi connectivity index (χ1) is 13.9. The van der Waals surface area contributed by atoms with Crippen LogP contribution < -0.4 is 10.2 Å². The van der Waals surface area contributed by atoms with Gasteiger partial charge >= 0.3 is 6.18 Å². The zero-order valence-electron chi connectivity index (χ0n) is 15.1. The van der Waals surface area contributed by atoms with Crippen LogP contribution in [0, 0.1) is 5.92 Å². The van der Waals surface area contributed by atoms with E-state index in [1.807, 2.05) is 0 Å². The molecule has 0 saturated carbocycles. The van der Waals surface area contributed by atoms with Crippen LogP contribution >= 0.6 is 11.3 Å². The SMILES string of the molecule is O=C(Nc1nc(-c2ccco2)cs1)C1CCCN(c2ncccc2C(F)(F)F)C1. The van der Waals surface area contributed by atoms with Gasteiger partial charge in [-0.15, -0.1) is 11.3 Å². The Labute approximate surface area is 168 Å². The predicted octanol–water partition coefficient (Wildman–Crippen LogP) is 4.67. The highest BCUT2D eigenvalue weighted by Crippen LogP contribution is 2.36. The number of nitrogens with one attached hydrogen (secondary N) is 1. The van der Waals surface area contributed by atoms with Gasteiger partial charge in [0.05, 0.1) is 17.7 Å². The van der Waals surface area contributed by atoms with Gasteiger partial charge in [-0.2, -0.15) is 13.2 Å². The molecule has 1 saturated heterocycles. The number of rotatable bonds is 4. The predicted molar refractivity (Wildman–Crippen MR) is 103 cm³/mol. The highest BCUT2D eigenvalue weighted by Gasteiger charge is 2.37. The van der Waals surface area contributed by atoms with E-state index in [0.717, 1.165) is 6.07 Å². The van der Waals surface area contributed by atoms with Crippen LogP contribution in [0.4, 0.5) is 24.1 Å². The van der Waals surface area contributed by atoms with Crippen LogP contribution in [0.2, 0.25) is 0 Å². The number of hydrogen-bond donors (Lipinski definition) is 1. The largest absolute Gasteiger partial charge is 0.463 e. The molecule has 0 aromatic carbocycles. The molecule has 1 aliphatic rings. The summed E-state index contributed by atoms with van der Waals surface area (Å²) >= 11 is 1.27. The molecule has 10 heteroatoms. The summed E-state index contributed by atoms with van der Waals surface area (Å²) < 4.78 is 45.2. The first-order valence-electron chi connectivity index (χ1n) is 8.99. The van der Waals surface area contributed by atoms with Gasteiger partial charge in [0.1, 0.15) is 11.5 Å². The normalized spacial score (nSPS) is 17.3. The molecule has 0 radical (unpaired) electrons. The van der Waals surface area contributed by atoms with Crippen molar-refractivity contribution in [3.05, 3.63) is 47.7 Å². The third-order valence-electron chi connectivity index (χ3n) is 4.69. The summed E-state index contributed by atoms with van der Waals surface area (Å²) in [5, 5.41) is 4.96. The van der Waals surface area contributed by atoms with Crippen molar-refractivity contribution in [1.29, 1.82) is 0 Å². The zero-order chi connectivity index (χ0) is 20.4. The first-order valence-corrected chi connectivity index (χ1v) is 9.87. The van der Waals surface area contributed by atoms with E-state index in [1.165, 1.54) is 34.8 Å². The van der Waals surface area contributed by atoms with Gasteiger partial charge in [0.2, 0.25) is 5.91 Å². The van der Waals surface area contributed by atoms with Crippen LogP contribution in [-0.2, 0) is 11.0 Å². The Kier molecular flexibility index (Phi) is 5.27. The summed E-state index contributed by atoms with van der Waals surface area (Å²) in [4.78, 5) is 22.5. The van der Waals surface area contributed by atoms with Gasteiger partial charge in [-0.1, -0.05) is 0 Å². The smallest absolute Gasteiger partial charge is 0.419 e. The molecule has 0 bridgehead atoms. The maximum Gasteiger partial charge on any atom is 0.419 e. The van der Waals surface area contributed by atoms with Crippen LogP contribution in [0.1, 0.15) is 18.4 Å². The highest BCUT2D eigenvalue weighted by atomic mass is 32.1. The van der Waals surface area contributed by atoms with E-state index < -0.39 is 17.7 Å². The molecule has 4 heterocycles. The number of alkyl halides is 3. The van der Waals surface area contributed by atoms with Crippen molar-refractivity contribution in [2.45, 2.75) is 19.0 Å². The lowest BCUT2D eigenvalue weighted by Crippen LogP contribution is -2.41. The van der Waals surface area contributed by atoms with Gasteiger partial charge in [0.15, 0.2) is 10.9 Å². The highest BCUT2D eigenvalue weighted by molar-refractivity contribution is 7.14. The summed E-state index contributed by atoms with van der Waals surface area (Å²) in [6.45, 7) is 0.589. The average Bonchev–Trinajstić information content (AvgIpc) is 3.39. The number of halogens is 3. The standard InChI is InChI=1S/C19H17F3N4O2S/c20-19(21,22)13-5-1-7-23-16(13)26-8-2-4-12(10-26)17(27)25-18-24-14(11-29-18)15-6-3-9-28-15/h1,3,5-7,9,11-12H,2,4,8,10H2,(H,24,25,27). The maximum absolute atomic E-state index is 13.3. The minimum atomic E-state index is -4.50. The molecule has 29 heavy (non-hydrogen) atoms. The van der Waals surface area contributed by atoms with E-state index >= 15 is 0 Å². The molecule has 3 aromatic heterocycles. The number of carbonyl (C=O) groups excluding carboxylic acids is 1. The molecule has 1 N–H and O–H groups in total. The Morgan fingerprint density at radius 1 is 1.31 bits per heavy atom. The second-order valence-electron chi connectivity index (χ2n) is 6.66. The Morgan fingerprint density at radius 3 is 2.93 bits per heavy atom. The lowest BCUT2D eigenvalue weighted by atomic mass is 9.97. The summed E-state index contributed by atoms with van der Waals surface area (Å²) in [6.07, 6.45) is -0.438. The van der Waals surface area contributed by atoms with Crippen molar-refractivity contribution in [3.63, 3.8) is 0 Å². The molecule has 4 rings (SSSR count). The number of amides is 1. The van der Waals surface area contributed by atoms with Crippen molar-refractivity contribution in [2.75, 3.05) is 23.3 Å². The summed E-state index contributed by atoms with van der Waals surface area (Å²) in [6, 6.07) is 5.79. The maximum atomic E-state index is 13.3. The fourth-order valence-electron chi connectivity index (χ4n) is 3.33. The lowest BCUT2D eigenvalue weighted by molar-refractivity contribution is -0.137. The van der Waals surface area contributed by atoms with E-state index in [-0.39, 0.29) is 18.3 Å². The summed E-state index contributed by atoms with van der Waals surface area (Å²) in [5.74, 6) is -0.255. The second-order valence-corrected chi connectivity index (χ2v) is 7.52. The number of anilines is 2. The van der Waals surface area contributed by atoms with E-state index in [0.29, 0.717) is 36.0 Å². The van der Waals surface area contributed by atoms with Crippen LogP contribution in [0.15, 0.2) is 46.5 Å². The summed E-state index contributed by atoms with van der Waals surface area (Å²) in [7, 11) is 0. The van der Waals surface area contributed by atoms with Crippen molar-refractivity contribution in [2.24, 2.45) is 5.92 Å². The van der Waals surface area contributed by atoms with E-state index in [2.05, 4.69) is 15.3 Å². The monoisotopic (exact) mass is 422 g/mol. The quantitative estimate of drug-likeness (QED) is 0.662. The first kappa shape index (κ1) is 19.4. The number of carbonyl (C=O) groups is 1. The molecular weight excluding hydrogens is 405 g/mol. The fraction of sp³-hybridized carbons (Fsp3) is 0.316. The van der Waals surface area contributed by atoms with Crippen molar-refractivity contribution < 1.29 is 22.4 Å². The molecule has 1 fully saturated rings.